The molecule has 0 N–H and O–H groups in total. The fourth-order valence-corrected chi connectivity index (χ4v) is 5.88. The standard InChI is InChI=1S/C40H34N4O8/c1-3-24(45-15-28-19-49-28)4-2-23(1)39-40(43-35-10-7-27(13-37(35)44-39)48-18-31-22-52-31)33-11-25(46-16-29-20-50-29)5-8-32(33)38-14-41-36-12-26(6-9-34(36)42-38)47-17-30-21-51-30/h1-14,28-31H,15-22H2. The minimum atomic E-state index is 0.103. The van der Waals surface area contributed by atoms with E-state index in [1.807, 2.05) is 78.9 Å². The minimum Gasteiger partial charge on any atom is -0.491 e. The molecule has 4 unspecified atom stereocenters. The molecule has 4 aliphatic heterocycles. The Labute approximate surface area is 298 Å². The SMILES string of the molecule is c1cc(-c2nc3cc(OCC4CO4)ccc3nc2-c2cc(OCC3CO3)ccc2-c2cnc3cc(OCC4CO4)ccc3n2)ccc1OCC1CO1. The first-order valence-corrected chi connectivity index (χ1v) is 17.5. The molecule has 0 spiro atoms. The van der Waals surface area contributed by atoms with E-state index < -0.39 is 0 Å². The van der Waals surface area contributed by atoms with Crippen LogP contribution in [0.4, 0.5) is 0 Å². The molecule has 12 nitrogen and oxygen atoms in total. The highest BCUT2D eigenvalue weighted by Gasteiger charge is 2.26. The Bertz CT molecular complexity index is 2270. The molecule has 6 heterocycles. The van der Waals surface area contributed by atoms with E-state index in [1.54, 1.807) is 6.20 Å². The maximum absolute atomic E-state index is 6.19. The highest BCUT2D eigenvalue weighted by molar-refractivity contribution is 5.93. The molecule has 0 amide bonds. The Morgan fingerprint density at radius 1 is 0.462 bits per heavy atom. The van der Waals surface area contributed by atoms with Crippen molar-refractivity contribution in [2.45, 2.75) is 24.4 Å². The lowest BCUT2D eigenvalue weighted by Crippen LogP contribution is -2.05. The molecule has 262 valence electrons. The molecular weight excluding hydrogens is 664 g/mol. The molecule has 4 fully saturated rings. The number of nitrogens with zero attached hydrogens (tertiary/aromatic N) is 4. The van der Waals surface area contributed by atoms with Crippen molar-refractivity contribution in [1.29, 1.82) is 0 Å². The second kappa shape index (κ2) is 13.3. The van der Waals surface area contributed by atoms with Gasteiger partial charge in [0.25, 0.3) is 0 Å². The number of ether oxygens (including phenoxy) is 8. The number of epoxide rings is 4. The van der Waals surface area contributed by atoms with Gasteiger partial charge in [-0.1, -0.05) is 0 Å². The Balaban J connectivity index is 1.07. The number of hydrogen-bond acceptors (Lipinski definition) is 12. The van der Waals surface area contributed by atoms with Crippen LogP contribution in [0.1, 0.15) is 0 Å². The normalized spacial score (nSPS) is 21.2. The summed E-state index contributed by atoms with van der Waals surface area (Å²) in [6.45, 7) is 4.90. The van der Waals surface area contributed by atoms with Crippen LogP contribution in [-0.2, 0) is 18.9 Å². The quantitative estimate of drug-likeness (QED) is 0.122. The average Bonchev–Trinajstić information content (AvgIpc) is 3.97. The second-order valence-corrected chi connectivity index (χ2v) is 13.3. The Kier molecular flexibility index (Phi) is 8.01. The summed E-state index contributed by atoms with van der Waals surface area (Å²) in [4.78, 5) is 20.3. The molecule has 0 radical (unpaired) electrons. The molecule has 2 aromatic heterocycles. The number of aromatic nitrogens is 4. The Morgan fingerprint density at radius 2 is 0.942 bits per heavy atom. The predicted octanol–water partition coefficient (Wildman–Crippen LogP) is 5.68. The maximum Gasteiger partial charge on any atom is 0.121 e. The first kappa shape index (κ1) is 31.3. The van der Waals surface area contributed by atoms with E-state index in [4.69, 9.17) is 57.8 Å². The highest BCUT2D eigenvalue weighted by atomic mass is 16.6. The van der Waals surface area contributed by atoms with Gasteiger partial charge in [-0.15, -0.1) is 0 Å². The van der Waals surface area contributed by atoms with Gasteiger partial charge in [0, 0.05) is 28.8 Å². The smallest absolute Gasteiger partial charge is 0.121 e. The van der Waals surface area contributed by atoms with Crippen molar-refractivity contribution in [1.82, 2.24) is 19.9 Å². The molecule has 0 bridgehead atoms. The summed E-state index contributed by atoms with van der Waals surface area (Å²) < 4.78 is 45.4. The topological polar surface area (TPSA) is 139 Å². The largest absolute Gasteiger partial charge is 0.491 e. The van der Waals surface area contributed by atoms with Crippen LogP contribution in [0.15, 0.2) is 85.1 Å². The van der Waals surface area contributed by atoms with Crippen LogP contribution in [0.3, 0.4) is 0 Å². The minimum absolute atomic E-state index is 0.103. The molecule has 4 atom stereocenters. The Morgan fingerprint density at radius 3 is 1.54 bits per heavy atom. The molecule has 12 heteroatoms. The van der Waals surface area contributed by atoms with E-state index in [0.29, 0.717) is 67.1 Å². The van der Waals surface area contributed by atoms with Gasteiger partial charge in [0.15, 0.2) is 0 Å². The summed E-state index contributed by atoms with van der Waals surface area (Å²) >= 11 is 0. The van der Waals surface area contributed by atoms with Crippen molar-refractivity contribution in [2.75, 3.05) is 52.9 Å². The average molecular weight is 699 g/mol. The van der Waals surface area contributed by atoms with E-state index in [9.17, 15) is 0 Å². The van der Waals surface area contributed by atoms with Crippen molar-refractivity contribution in [3.8, 4) is 56.8 Å². The van der Waals surface area contributed by atoms with E-state index in [1.165, 1.54) is 0 Å². The van der Waals surface area contributed by atoms with Gasteiger partial charge in [-0.2, -0.15) is 0 Å². The van der Waals surface area contributed by atoms with Crippen LogP contribution < -0.4 is 18.9 Å². The van der Waals surface area contributed by atoms with Gasteiger partial charge in [0.05, 0.1) is 71.8 Å². The molecular formula is C40H34N4O8. The van der Waals surface area contributed by atoms with Gasteiger partial charge >= 0.3 is 0 Å². The molecule has 4 aromatic carbocycles. The molecule has 0 saturated carbocycles. The van der Waals surface area contributed by atoms with Gasteiger partial charge in [0.1, 0.15) is 73.8 Å². The fourth-order valence-electron chi connectivity index (χ4n) is 5.88. The molecule has 4 aliphatic rings. The van der Waals surface area contributed by atoms with Gasteiger partial charge in [-0.3, -0.25) is 4.98 Å². The molecule has 6 aromatic rings. The summed E-state index contributed by atoms with van der Waals surface area (Å²) in [6, 6.07) is 25.4. The van der Waals surface area contributed by atoms with Crippen molar-refractivity contribution >= 4 is 22.1 Å². The van der Waals surface area contributed by atoms with E-state index in [0.717, 1.165) is 64.6 Å². The zero-order chi connectivity index (χ0) is 34.4. The molecule has 4 saturated heterocycles. The summed E-state index contributed by atoms with van der Waals surface area (Å²) in [5.41, 5.74) is 7.44. The Hall–Kier alpha value is -5.40. The van der Waals surface area contributed by atoms with Crippen LogP contribution in [0, 0.1) is 0 Å². The summed E-state index contributed by atoms with van der Waals surface area (Å²) in [5.74, 6) is 2.89. The third kappa shape index (κ3) is 7.19. The summed E-state index contributed by atoms with van der Waals surface area (Å²) in [6.07, 6.45) is 2.36. The zero-order valence-electron chi connectivity index (χ0n) is 28.1. The molecule has 10 rings (SSSR count). The van der Waals surface area contributed by atoms with Crippen molar-refractivity contribution < 1.29 is 37.9 Å². The van der Waals surface area contributed by atoms with Crippen molar-refractivity contribution in [3.63, 3.8) is 0 Å². The molecule has 52 heavy (non-hydrogen) atoms. The summed E-state index contributed by atoms with van der Waals surface area (Å²) in [5, 5.41) is 0. The van der Waals surface area contributed by atoms with Crippen LogP contribution >= 0.6 is 0 Å². The second-order valence-electron chi connectivity index (χ2n) is 13.3. The van der Waals surface area contributed by atoms with Crippen LogP contribution in [0.2, 0.25) is 0 Å². The van der Waals surface area contributed by atoms with E-state index in [-0.39, 0.29) is 24.4 Å². The zero-order valence-corrected chi connectivity index (χ0v) is 28.1. The van der Waals surface area contributed by atoms with Gasteiger partial charge in [-0.05, 0) is 66.7 Å². The lowest BCUT2D eigenvalue weighted by atomic mass is 9.97. The number of hydrogen-bond donors (Lipinski definition) is 0. The maximum atomic E-state index is 6.19. The predicted molar refractivity (Wildman–Crippen MR) is 190 cm³/mol. The fraction of sp³-hybridized carbons (Fsp3) is 0.300. The van der Waals surface area contributed by atoms with E-state index in [2.05, 4.69) is 0 Å². The first-order chi connectivity index (χ1) is 25.7. The molecule has 0 aliphatic carbocycles. The van der Waals surface area contributed by atoms with Crippen LogP contribution in [0.25, 0.3) is 55.8 Å². The van der Waals surface area contributed by atoms with Gasteiger partial charge < -0.3 is 37.9 Å². The van der Waals surface area contributed by atoms with Gasteiger partial charge in [-0.25, -0.2) is 15.0 Å². The monoisotopic (exact) mass is 698 g/mol. The third-order valence-corrected chi connectivity index (χ3v) is 9.15. The number of benzene rings is 4. The van der Waals surface area contributed by atoms with Crippen LogP contribution in [-0.4, -0.2) is 97.2 Å². The highest BCUT2D eigenvalue weighted by Crippen LogP contribution is 2.40. The first-order valence-electron chi connectivity index (χ1n) is 17.5. The summed E-state index contributed by atoms with van der Waals surface area (Å²) in [7, 11) is 0. The van der Waals surface area contributed by atoms with Crippen molar-refractivity contribution in [3.05, 3.63) is 85.1 Å². The number of fused-ring (bicyclic) bond motifs is 2. The van der Waals surface area contributed by atoms with Gasteiger partial charge in [0.2, 0.25) is 0 Å². The number of rotatable bonds is 15. The van der Waals surface area contributed by atoms with Crippen molar-refractivity contribution in [2.24, 2.45) is 0 Å². The lowest BCUT2D eigenvalue weighted by molar-refractivity contribution is 0.263. The van der Waals surface area contributed by atoms with E-state index >= 15 is 0 Å². The van der Waals surface area contributed by atoms with Crippen LogP contribution in [0.5, 0.6) is 23.0 Å². The third-order valence-electron chi connectivity index (χ3n) is 9.15. The lowest BCUT2D eigenvalue weighted by Gasteiger charge is -2.16.